The third kappa shape index (κ3) is 3.72. The zero-order valence-corrected chi connectivity index (χ0v) is 11.2. The Morgan fingerprint density at radius 2 is 1.94 bits per heavy atom. The number of nitrogens with one attached hydrogen (secondary N) is 1. The molecule has 0 aromatic rings. The molecule has 1 aliphatic rings. The van der Waals surface area contributed by atoms with E-state index < -0.39 is 0 Å². The summed E-state index contributed by atoms with van der Waals surface area (Å²) in [6.45, 7) is 9.39. The lowest BCUT2D eigenvalue weighted by Crippen LogP contribution is -2.49. The Morgan fingerprint density at radius 3 is 2.44 bits per heavy atom. The van der Waals surface area contributed by atoms with Crippen LogP contribution in [0.1, 0.15) is 40.0 Å². The monoisotopic (exact) mass is 229 g/mol. The van der Waals surface area contributed by atoms with Crippen molar-refractivity contribution in [3.05, 3.63) is 0 Å². The van der Waals surface area contributed by atoms with Gasteiger partial charge in [0, 0.05) is 45.8 Å². The summed E-state index contributed by atoms with van der Waals surface area (Å²) in [6, 6.07) is 0.555. The molecule has 2 atom stereocenters. The summed E-state index contributed by atoms with van der Waals surface area (Å²) in [6.07, 6.45) is 3.23. The number of methoxy groups -OCH3 is 1. The van der Waals surface area contributed by atoms with Crippen molar-refractivity contribution in [3.8, 4) is 0 Å². The van der Waals surface area contributed by atoms with Crippen molar-refractivity contribution in [2.24, 2.45) is 5.92 Å². The molecular formula is C13H27NO2. The highest BCUT2D eigenvalue weighted by Crippen LogP contribution is 2.24. The fourth-order valence-corrected chi connectivity index (χ4v) is 2.10. The molecule has 0 aromatic heterocycles. The molecule has 0 bridgehead atoms. The second-order valence-corrected chi connectivity index (χ2v) is 5.05. The van der Waals surface area contributed by atoms with Crippen LogP contribution in [0.15, 0.2) is 0 Å². The van der Waals surface area contributed by atoms with E-state index in [0.717, 1.165) is 32.6 Å². The van der Waals surface area contributed by atoms with Crippen molar-refractivity contribution in [2.45, 2.75) is 51.7 Å². The molecule has 0 spiro atoms. The molecule has 0 radical (unpaired) electrons. The summed E-state index contributed by atoms with van der Waals surface area (Å²) in [7, 11) is 1.82. The van der Waals surface area contributed by atoms with Crippen LogP contribution < -0.4 is 5.32 Å². The third-order valence-corrected chi connectivity index (χ3v) is 4.08. The number of rotatable bonds is 6. The van der Waals surface area contributed by atoms with Crippen LogP contribution >= 0.6 is 0 Å². The van der Waals surface area contributed by atoms with Crippen LogP contribution in [-0.4, -0.2) is 38.5 Å². The first kappa shape index (κ1) is 13.9. The molecule has 0 aliphatic carbocycles. The molecule has 0 aromatic carbocycles. The van der Waals surface area contributed by atoms with E-state index in [1.54, 1.807) is 0 Å². The molecule has 1 fully saturated rings. The highest BCUT2D eigenvalue weighted by atomic mass is 16.5. The lowest BCUT2D eigenvalue weighted by atomic mass is 9.92. The van der Waals surface area contributed by atoms with E-state index in [1.807, 2.05) is 7.11 Å². The van der Waals surface area contributed by atoms with Crippen LogP contribution in [0.5, 0.6) is 0 Å². The Kier molecular flexibility index (Phi) is 5.73. The molecule has 1 saturated heterocycles. The fraction of sp³-hybridized carbons (Fsp3) is 1.00. The first-order valence-electron chi connectivity index (χ1n) is 6.50. The normalized spacial score (nSPS) is 24.0. The number of ether oxygens (including phenoxy) is 2. The Morgan fingerprint density at radius 1 is 1.31 bits per heavy atom. The lowest BCUT2D eigenvalue weighted by Gasteiger charge is -2.37. The van der Waals surface area contributed by atoms with E-state index in [0.29, 0.717) is 12.0 Å². The molecule has 3 nitrogen and oxygen atoms in total. The van der Waals surface area contributed by atoms with Gasteiger partial charge in [0.25, 0.3) is 0 Å². The summed E-state index contributed by atoms with van der Waals surface area (Å²) in [5, 5.41) is 3.61. The molecule has 1 heterocycles. The molecule has 1 N–H and O–H groups in total. The maximum absolute atomic E-state index is 5.70. The van der Waals surface area contributed by atoms with Crippen LogP contribution in [-0.2, 0) is 9.47 Å². The van der Waals surface area contributed by atoms with Gasteiger partial charge in [0.05, 0.1) is 5.60 Å². The van der Waals surface area contributed by atoms with Gasteiger partial charge in [-0.3, -0.25) is 0 Å². The van der Waals surface area contributed by atoms with Crippen LogP contribution in [0.2, 0.25) is 0 Å². The minimum atomic E-state index is -0.0000283. The largest absolute Gasteiger partial charge is 0.381 e. The van der Waals surface area contributed by atoms with E-state index >= 15 is 0 Å². The van der Waals surface area contributed by atoms with Gasteiger partial charge in [-0.25, -0.2) is 0 Å². The van der Waals surface area contributed by atoms with Crippen LogP contribution in [0.4, 0.5) is 0 Å². The van der Waals surface area contributed by atoms with Gasteiger partial charge in [-0.1, -0.05) is 20.3 Å². The molecule has 1 rings (SSSR count). The topological polar surface area (TPSA) is 30.5 Å². The van der Waals surface area contributed by atoms with Gasteiger partial charge in [0.1, 0.15) is 0 Å². The SMILES string of the molecule is CCC(C)C(C)NCC1(OC)CCOCC1. The molecule has 0 amide bonds. The summed E-state index contributed by atoms with van der Waals surface area (Å²) >= 11 is 0. The van der Waals surface area contributed by atoms with Crippen molar-refractivity contribution >= 4 is 0 Å². The zero-order chi connectivity index (χ0) is 12.0. The second kappa shape index (κ2) is 6.58. The molecule has 3 heteroatoms. The average molecular weight is 229 g/mol. The van der Waals surface area contributed by atoms with E-state index in [1.165, 1.54) is 6.42 Å². The van der Waals surface area contributed by atoms with Gasteiger partial charge in [-0.2, -0.15) is 0 Å². The highest BCUT2D eigenvalue weighted by Gasteiger charge is 2.32. The van der Waals surface area contributed by atoms with Gasteiger partial charge in [0.2, 0.25) is 0 Å². The van der Waals surface area contributed by atoms with Crippen molar-refractivity contribution in [1.29, 1.82) is 0 Å². The standard InChI is InChI=1S/C13H27NO2/c1-5-11(2)12(3)14-10-13(15-4)6-8-16-9-7-13/h11-12,14H,5-10H2,1-4H3. The fourth-order valence-electron chi connectivity index (χ4n) is 2.10. The van der Waals surface area contributed by atoms with E-state index in [-0.39, 0.29) is 5.60 Å². The van der Waals surface area contributed by atoms with Gasteiger partial charge in [0.15, 0.2) is 0 Å². The van der Waals surface area contributed by atoms with Gasteiger partial charge < -0.3 is 14.8 Å². The molecule has 1 aliphatic heterocycles. The maximum atomic E-state index is 5.70. The highest BCUT2D eigenvalue weighted by molar-refractivity contribution is 4.86. The number of hydrogen-bond acceptors (Lipinski definition) is 3. The molecule has 96 valence electrons. The smallest absolute Gasteiger partial charge is 0.0846 e. The second-order valence-electron chi connectivity index (χ2n) is 5.05. The van der Waals surface area contributed by atoms with Crippen LogP contribution in [0.3, 0.4) is 0 Å². The van der Waals surface area contributed by atoms with Crippen molar-refractivity contribution in [3.63, 3.8) is 0 Å². The summed E-state index contributed by atoms with van der Waals surface area (Å²) in [4.78, 5) is 0. The van der Waals surface area contributed by atoms with E-state index in [2.05, 4.69) is 26.1 Å². The third-order valence-electron chi connectivity index (χ3n) is 4.08. The van der Waals surface area contributed by atoms with Gasteiger partial charge >= 0.3 is 0 Å². The first-order chi connectivity index (χ1) is 7.63. The number of hydrogen-bond donors (Lipinski definition) is 1. The lowest BCUT2D eigenvalue weighted by molar-refractivity contribution is -0.0890. The first-order valence-corrected chi connectivity index (χ1v) is 6.50. The Hall–Kier alpha value is -0.120. The maximum Gasteiger partial charge on any atom is 0.0846 e. The predicted molar refractivity (Wildman–Crippen MR) is 66.7 cm³/mol. The molecule has 16 heavy (non-hydrogen) atoms. The van der Waals surface area contributed by atoms with Crippen molar-refractivity contribution < 1.29 is 9.47 Å². The quantitative estimate of drug-likeness (QED) is 0.757. The van der Waals surface area contributed by atoms with Crippen molar-refractivity contribution in [2.75, 3.05) is 26.9 Å². The Balaban J connectivity index is 2.38. The van der Waals surface area contributed by atoms with Crippen molar-refractivity contribution in [1.82, 2.24) is 5.32 Å². The average Bonchev–Trinajstić information content (AvgIpc) is 2.36. The zero-order valence-electron chi connectivity index (χ0n) is 11.2. The summed E-state index contributed by atoms with van der Waals surface area (Å²) in [5.41, 5.74) is -0.0000283. The van der Waals surface area contributed by atoms with E-state index in [9.17, 15) is 0 Å². The molecule has 2 unspecified atom stereocenters. The Labute approximate surface area is 99.9 Å². The minimum absolute atomic E-state index is 0.0000283. The molecular weight excluding hydrogens is 202 g/mol. The van der Waals surface area contributed by atoms with Crippen LogP contribution in [0, 0.1) is 5.92 Å². The van der Waals surface area contributed by atoms with Gasteiger partial charge in [-0.05, 0) is 12.8 Å². The predicted octanol–water partition coefficient (Wildman–Crippen LogP) is 2.21. The summed E-state index contributed by atoms with van der Waals surface area (Å²) < 4.78 is 11.1. The minimum Gasteiger partial charge on any atom is -0.381 e. The van der Waals surface area contributed by atoms with Gasteiger partial charge in [-0.15, -0.1) is 0 Å². The van der Waals surface area contributed by atoms with E-state index in [4.69, 9.17) is 9.47 Å². The molecule has 0 saturated carbocycles. The van der Waals surface area contributed by atoms with Crippen LogP contribution in [0.25, 0.3) is 0 Å². The Bertz CT molecular complexity index is 190. The summed E-state index contributed by atoms with van der Waals surface area (Å²) in [5.74, 6) is 0.716.